The predicted molar refractivity (Wildman–Crippen MR) is 119 cm³/mol. The van der Waals surface area contributed by atoms with Gasteiger partial charge in [-0.05, 0) is 56.4 Å². The molecule has 3 nitrogen and oxygen atoms in total. The number of likely N-dealkylation sites (tertiary alicyclic amines) is 1. The van der Waals surface area contributed by atoms with E-state index < -0.39 is 5.54 Å². The lowest BCUT2D eigenvalue weighted by Crippen LogP contribution is -2.39. The van der Waals surface area contributed by atoms with Gasteiger partial charge in [0.25, 0.3) is 0 Å². The van der Waals surface area contributed by atoms with E-state index >= 15 is 4.39 Å². The Morgan fingerprint density at radius 3 is 2.80 bits per heavy atom. The van der Waals surface area contributed by atoms with Crippen molar-refractivity contribution in [3.8, 4) is 0 Å². The third-order valence-electron chi connectivity index (χ3n) is 6.56. The van der Waals surface area contributed by atoms with E-state index in [-0.39, 0.29) is 11.7 Å². The summed E-state index contributed by atoms with van der Waals surface area (Å²) in [5, 5.41) is 0.708. The number of aryl methyl sites for hydroxylation is 1. The number of halogens is 2. The number of nitrogens with zero attached hydrogens (tertiary/aromatic N) is 2. The van der Waals surface area contributed by atoms with Crippen LogP contribution in [0, 0.1) is 13.0 Å². The van der Waals surface area contributed by atoms with Gasteiger partial charge in [0.2, 0.25) is 0 Å². The highest BCUT2D eigenvalue weighted by atomic mass is 35.5. The van der Waals surface area contributed by atoms with E-state index in [1.165, 1.54) is 0 Å². The van der Waals surface area contributed by atoms with Gasteiger partial charge in [-0.3, -0.25) is 0 Å². The number of imidazole rings is 1. The zero-order chi connectivity index (χ0) is 20.9. The van der Waals surface area contributed by atoms with Gasteiger partial charge in [-0.2, -0.15) is 0 Å². The number of aromatic nitrogens is 2. The molecule has 5 heteroatoms. The van der Waals surface area contributed by atoms with E-state index in [1.807, 2.05) is 55.5 Å². The first-order chi connectivity index (χ1) is 14.5. The molecule has 0 bridgehead atoms. The lowest BCUT2D eigenvalue weighted by Gasteiger charge is -2.37. The van der Waals surface area contributed by atoms with Crippen molar-refractivity contribution < 1.29 is 4.39 Å². The zero-order valence-electron chi connectivity index (χ0n) is 17.2. The summed E-state index contributed by atoms with van der Waals surface area (Å²) < 4.78 is 15.3. The van der Waals surface area contributed by atoms with Crippen molar-refractivity contribution >= 4 is 22.6 Å². The van der Waals surface area contributed by atoms with Crippen LogP contribution in [0.5, 0.6) is 0 Å². The van der Waals surface area contributed by atoms with Crippen LogP contribution >= 0.6 is 11.6 Å². The number of fused-ring (bicyclic) bond motifs is 1. The average molecular weight is 421 g/mol. The molecule has 1 aliphatic heterocycles. The van der Waals surface area contributed by atoms with E-state index in [9.17, 15) is 0 Å². The highest BCUT2D eigenvalue weighted by Crippen LogP contribution is 2.44. The monoisotopic (exact) mass is 420 g/mol. The summed E-state index contributed by atoms with van der Waals surface area (Å²) in [6.45, 7) is 4.92. The summed E-state index contributed by atoms with van der Waals surface area (Å²) in [4.78, 5) is 10.5. The van der Waals surface area contributed by atoms with Gasteiger partial charge in [0, 0.05) is 23.6 Å². The first-order valence-electron chi connectivity index (χ1n) is 10.4. The van der Waals surface area contributed by atoms with E-state index in [0.29, 0.717) is 10.7 Å². The average Bonchev–Trinajstić information content (AvgIpc) is 3.37. The van der Waals surface area contributed by atoms with Crippen LogP contribution in [0.15, 0.2) is 60.1 Å². The van der Waals surface area contributed by atoms with Gasteiger partial charge in [-0.1, -0.05) is 48.0 Å². The second kappa shape index (κ2) is 7.28. The molecule has 1 aliphatic carbocycles. The maximum atomic E-state index is 15.3. The summed E-state index contributed by atoms with van der Waals surface area (Å²) in [7, 11) is 0. The van der Waals surface area contributed by atoms with Crippen molar-refractivity contribution in [2.75, 3.05) is 6.54 Å². The maximum absolute atomic E-state index is 15.3. The Bertz CT molecular complexity index is 1160. The lowest BCUT2D eigenvalue weighted by molar-refractivity contribution is 0.191. The molecule has 0 amide bonds. The number of H-pyrrole nitrogens is 1. The Morgan fingerprint density at radius 2 is 2.03 bits per heavy atom. The number of rotatable bonds is 3. The molecule has 1 radical (unpaired) electrons. The number of hydrogen-bond acceptors (Lipinski definition) is 2. The van der Waals surface area contributed by atoms with Gasteiger partial charge in [-0.15, -0.1) is 0 Å². The normalized spacial score (nSPS) is 24.3. The molecular formula is C25H24ClFN3. The Labute approximate surface area is 181 Å². The summed E-state index contributed by atoms with van der Waals surface area (Å²) in [5.41, 5.74) is 4.14. The van der Waals surface area contributed by atoms with Gasteiger partial charge in [0.15, 0.2) is 0 Å². The smallest absolute Gasteiger partial charge is 0.150 e. The molecule has 2 aliphatic rings. The second-order valence-corrected chi connectivity index (χ2v) is 8.84. The molecule has 2 heterocycles. The number of aromatic amines is 1. The van der Waals surface area contributed by atoms with Crippen molar-refractivity contribution in [3.05, 3.63) is 88.1 Å². The Hall–Kier alpha value is -2.59. The third-order valence-corrected chi connectivity index (χ3v) is 6.97. The fourth-order valence-corrected chi connectivity index (χ4v) is 4.93. The van der Waals surface area contributed by atoms with Crippen LogP contribution in [0.4, 0.5) is 4.39 Å². The highest BCUT2D eigenvalue weighted by Gasteiger charge is 2.43. The predicted octanol–water partition coefficient (Wildman–Crippen LogP) is 6.56. The Kier molecular flexibility index (Phi) is 4.70. The van der Waals surface area contributed by atoms with Gasteiger partial charge in [0.1, 0.15) is 11.7 Å². The first-order valence-corrected chi connectivity index (χ1v) is 10.8. The fourth-order valence-electron chi connectivity index (χ4n) is 4.78. The molecule has 5 rings (SSSR count). The van der Waals surface area contributed by atoms with E-state index in [0.717, 1.165) is 53.8 Å². The minimum Gasteiger partial charge on any atom is -0.357 e. The molecule has 153 valence electrons. The first kappa shape index (κ1) is 19.4. The molecule has 0 saturated carbocycles. The molecular weight excluding hydrogens is 397 g/mol. The summed E-state index contributed by atoms with van der Waals surface area (Å²) in [6.07, 6.45) is 7.75. The third kappa shape index (κ3) is 3.05. The van der Waals surface area contributed by atoms with Gasteiger partial charge >= 0.3 is 0 Å². The number of allylic oxidation sites excluding steroid dienone is 3. The van der Waals surface area contributed by atoms with Crippen LogP contribution in [0.1, 0.15) is 49.1 Å². The largest absolute Gasteiger partial charge is 0.357 e. The zero-order valence-corrected chi connectivity index (χ0v) is 17.9. The van der Waals surface area contributed by atoms with Crippen LogP contribution in [-0.2, 0) is 5.54 Å². The Morgan fingerprint density at radius 1 is 1.23 bits per heavy atom. The van der Waals surface area contributed by atoms with E-state index in [2.05, 4.69) is 22.9 Å². The van der Waals surface area contributed by atoms with Crippen molar-refractivity contribution in [2.45, 2.75) is 44.6 Å². The molecule has 3 aromatic rings. The molecule has 30 heavy (non-hydrogen) atoms. The molecule has 1 unspecified atom stereocenters. The molecule has 1 N–H and O–H groups in total. The molecule has 1 saturated heterocycles. The summed E-state index contributed by atoms with van der Waals surface area (Å²) >= 11 is 6.29. The standard InChI is InChI=1S/C25H24ClFN3/c1-16-19(26)10-11-21-23(16)29-24(28-21)25(2)13-6-14-30(25)22-12-9-18(15-20(22)27)17-7-4-3-5-8-17/h3-5,7-8,10-12,18H,6,9,13-14H2,1-2H3,(H,28,29)/t18?,25-/m0/s1. The van der Waals surface area contributed by atoms with Gasteiger partial charge < -0.3 is 9.88 Å². The van der Waals surface area contributed by atoms with Crippen molar-refractivity contribution in [1.82, 2.24) is 14.9 Å². The van der Waals surface area contributed by atoms with Crippen LogP contribution < -0.4 is 0 Å². The van der Waals surface area contributed by atoms with Crippen LogP contribution in [0.3, 0.4) is 0 Å². The van der Waals surface area contributed by atoms with Crippen LogP contribution in [-0.4, -0.2) is 21.4 Å². The minimum atomic E-state index is -0.400. The number of benzene rings is 2. The number of hydrogen-bond donors (Lipinski definition) is 1. The molecule has 1 aromatic heterocycles. The topological polar surface area (TPSA) is 31.9 Å². The SMILES string of the molecule is Cc1c(Cl)ccc2[nH]c([C@]3(C)CCCN3C3=CCC(c4ccccc4)[C]=C3F)nc12. The lowest BCUT2D eigenvalue weighted by atomic mass is 9.90. The minimum absolute atomic E-state index is 0.0419. The van der Waals surface area contributed by atoms with Gasteiger partial charge in [-0.25, -0.2) is 9.37 Å². The maximum Gasteiger partial charge on any atom is 0.150 e. The molecule has 1 fully saturated rings. The number of nitrogens with one attached hydrogen (secondary N) is 1. The quantitative estimate of drug-likeness (QED) is 0.520. The fraction of sp³-hybridized carbons (Fsp3) is 0.320. The molecule has 0 spiro atoms. The van der Waals surface area contributed by atoms with Crippen molar-refractivity contribution in [1.29, 1.82) is 0 Å². The molecule has 2 aromatic carbocycles. The van der Waals surface area contributed by atoms with E-state index in [4.69, 9.17) is 16.6 Å². The van der Waals surface area contributed by atoms with E-state index in [1.54, 1.807) is 0 Å². The van der Waals surface area contributed by atoms with Crippen LogP contribution in [0.25, 0.3) is 11.0 Å². The van der Waals surface area contributed by atoms with Crippen LogP contribution in [0.2, 0.25) is 5.02 Å². The van der Waals surface area contributed by atoms with Gasteiger partial charge in [0.05, 0.1) is 22.3 Å². The van der Waals surface area contributed by atoms with Crippen molar-refractivity contribution in [3.63, 3.8) is 0 Å². The summed E-state index contributed by atoms with van der Waals surface area (Å²) in [6, 6.07) is 13.9. The molecule has 2 atom stereocenters. The second-order valence-electron chi connectivity index (χ2n) is 8.43. The Balaban J connectivity index is 1.49. The summed E-state index contributed by atoms with van der Waals surface area (Å²) in [5.74, 6) is 0.553. The van der Waals surface area contributed by atoms with Crippen molar-refractivity contribution in [2.24, 2.45) is 0 Å². The highest BCUT2D eigenvalue weighted by molar-refractivity contribution is 6.32.